The van der Waals surface area contributed by atoms with Crippen molar-refractivity contribution in [1.29, 1.82) is 0 Å². The van der Waals surface area contributed by atoms with Crippen molar-refractivity contribution < 1.29 is 13.2 Å². The first kappa shape index (κ1) is 16.9. The minimum absolute atomic E-state index is 0.0142. The average Bonchev–Trinajstić information content (AvgIpc) is 3.06. The highest BCUT2D eigenvalue weighted by molar-refractivity contribution is 7.89. The van der Waals surface area contributed by atoms with E-state index in [1.165, 1.54) is 11.3 Å². The molecule has 0 aromatic carbocycles. The molecule has 0 aliphatic carbocycles. The average molecular weight is 332 g/mol. The van der Waals surface area contributed by atoms with E-state index in [-0.39, 0.29) is 6.10 Å². The number of hydrogen-bond acceptors (Lipinski definition) is 5. The molecular weight excluding hydrogens is 308 g/mol. The number of rotatable bonds is 7. The zero-order chi connectivity index (χ0) is 15.5. The monoisotopic (exact) mass is 332 g/mol. The smallest absolute Gasteiger partial charge is 0.244 e. The third kappa shape index (κ3) is 3.65. The summed E-state index contributed by atoms with van der Waals surface area (Å²) in [4.78, 5) is 1.40. The fourth-order valence-corrected chi connectivity index (χ4v) is 5.79. The molecule has 1 atom stereocenters. The molecule has 0 spiro atoms. The molecule has 1 N–H and O–H groups in total. The van der Waals surface area contributed by atoms with Crippen LogP contribution in [0.4, 0.5) is 0 Å². The van der Waals surface area contributed by atoms with Gasteiger partial charge < -0.3 is 10.1 Å². The molecule has 21 heavy (non-hydrogen) atoms. The van der Waals surface area contributed by atoms with Crippen LogP contribution in [0.5, 0.6) is 0 Å². The molecule has 0 amide bonds. The molecule has 1 fully saturated rings. The van der Waals surface area contributed by atoms with E-state index < -0.39 is 10.0 Å². The summed E-state index contributed by atoms with van der Waals surface area (Å²) >= 11 is 1.52. The molecule has 1 aliphatic rings. The van der Waals surface area contributed by atoms with Crippen LogP contribution in [0.3, 0.4) is 0 Å². The van der Waals surface area contributed by atoms with E-state index >= 15 is 0 Å². The fraction of sp³-hybridized carbons (Fsp3) is 0.714. The van der Waals surface area contributed by atoms with Gasteiger partial charge in [0.15, 0.2) is 0 Å². The van der Waals surface area contributed by atoms with E-state index in [0.717, 1.165) is 29.8 Å². The molecule has 0 bridgehead atoms. The summed E-state index contributed by atoms with van der Waals surface area (Å²) in [5.74, 6) is 0. The molecule has 0 radical (unpaired) electrons. The number of methoxy groups -OCH3 is 1. The van der Waals surface area contributed by atoms with Crippen LogP contribution in [0.25, 0.3) is 0 Å². The second-order valence-corrected chi connectivity index (χ2v) is 8.20. The molecule has 1 aliphatic heterocycles. The first-order chi connectivity index (χ1) is 10.0. The van der Waals surface area contributed by atoms with Gasteiger partial charge in [0.25, 0.3) is 0 Å². The van der Waals surface area contributed by atoms with Gasteiger partial charge in [0.1, 0.15) is 4.90 Å². The molecular formula is C14H24N2O3S2. The predicted molar refractivity (Wildman–Crippen MR) is 85.2 cm³/mol. The van der Waals surface area contributed by atoms with Crippen LogP contribution in [0.1, 0.15) is 30.2 Å². The number of hydrogen-bond donors (Lipinski definition) is 1. The minimum atomic E-state index is -3.41. The SMILES string of the molecule is CCCNCc1scc(C)c1S(=O)(=O)N1CCC(OC)C1. The Kier molecular flexibility index (Phi) is 5.79. The van der Waals surface area contributed by atoms with Crippen molar-refractivity contribution >= 4 is 21.4 Å². The second-order valence-electron chi connectivity index (χ2n) is 5.36. The largest absolute Gasteiger partial charge is 0.380 e. The van der Waals surface area contributed by atoms with E-state index in [1.54, 1.807) is 11.4 Å². The Morgan fingerprint density at radius 2 is 2.29 bits per heavy atom. The molecule has 7 heteroatoms. The van der Waals surface area contributed by atoms with Gasteiger partial charge in [0, 0.05) is 31.6 Å². The van der Waals surface area contributed by atoms with Crippen molar-refractivity contribution in [1.82, 2.24) is 9.62 Å². The lowest BCUT2D eigenvalue weighted by atomic mass is 10.3. The van der Waals surface area contributed by atoms with Crippen LogP contribution in [-0.4, -0.2) is 45.6 Å². The predicted octanol–water partition coefficient (Wildman–Crippen LogP) is 1.97. The van der Waals surface area contributed by atoms with Crippen LogP contribution in [0, 0.1) is 6.92 Å². The van der Waals surface area contributed by atoms with Gasteiger partial charge in [-0.05, 0) is 37.3 Å². The highest BCUT2D eigenvalue weighted by atomic mass is 32.2. The Hall–Kier alpha value is -0.470. The van der Waals surface area contributed by atoms with Crippen molar-refractivity contribution in [2.45, 2.75) is 44.2 Å². The molecule has 5 nitrogen and oxygen atoms in total. The summed E-state index contributed by atoms with van der Waals surface area (Å²) in [5, 5.41) is 5.22. The van der Waals surface area contributed by atoms with Gasteiger partial charge in [0.05, 0.1) is 6.10 Å². The third-order valence-electron chi connectivity index (χ3n) is 3.74. The summed E-state index contributed by atoms with van der Waals surface area (Å²) in [7, 11) is -1.78. The maximum absolute atomic E-state index is 12.9. The summed E-state index contributed by atoms with van der Waals surface area (Å²) in [6.45, 7) is 6.47. The molecule has 120 valence electrons. The van der Waals surface area contributed by atoms with Crippen molar-refractivity contribution in [2.24, 2.45) is 0 Å². The number of thiophene rings is 1. The highest BCUT2D eigenvalue weighted by Gasteiger charge is 2.35. The minimum Gasteiger partial charge on any atom is -0.380 e. The Bertz CT molecular complexity index is 569. The Morgan fingerprint density at radius 1 is 1.52 bits per heavy atom. The summed E-state index contributed by atoms with van der Waals surface area (Å²) in [6, 6.07) is 0. The highest BCUT2D eigenvalue weighted by Crippen LogP contribution is 2.31. The van der Waals surface area contributed by atoms with Crippen molar-refractivity contribution in [3.05, 3.63) is 15.8 Å². The van der Waals surface area contributed by atoms with Crippen molar-refractivity contribution in [2.75, 3.05) is 26.7 Å². The molecule has 0 saturated carbocycles. The number of aryl methyl sites for hydroxylation is 1. The van der Waals surface area contributed by atoms with Crippen LogP contribution in [0.15, 0.2) is 10.3 Å². The van der Waals surface area contributed by atoms with Crippen LogP contribution < -0.4 is 5.32 Å². The Balaban J connectivity index is 2.21. The van der Waals surface area contributed by atoms with Crippen LogP contribution >= 0.6 is 11.3 Å². The third-order valence-corrected chi connectivity index (χ3v) is 7.07. The van der Waals surface area contributed by atoms with Gasteiger partial charge >= 0.3 is 0 Å². The van der Waals surface area contributed by atoms with Gasteiger partial charge in [-0.1, -0.05) is 6.92 Å². The summed E-state index contributed by atoms with van der Waals surface area (Å²) < 4.78 is 32.6. The molecule has 2 rings (SSSR count). The summed E-state index contributed by atoms with van der Waals surface area (Å²) in [5.41, 5.74) is 0.842. The lowest BCUT2D eigenvalue weighted by molar-refractivity contribution is 0.115. The Labute approximate surface area is 131 Å². The van der Waals surface area contributed by atoms with Crippen molar-refractivity contribution in [3.8, 4) is 0 Å². The lowest BCUT2D eigenvalue weighted by Gasteiger charge is -2.17. The van der Waals surface area contributed by atoms with E-state index in [4.69, 9.17) is 4.74 Å². The van der Waals surface area contributed by atoms with Gasteiger partial charge in [-0.25, -0.2) is 8.42 Å². The van der Waals surface area contributed by atoms with Gasteiger partial charge in [-0.3, -0.25) is 0 Å². The van der Waals surface area contributed by atoms with Gasteiger partial charge in [-0.15, -0.1) is 11.3 Å². The number of ether oxygens (including phenoxy) is 1. The lowest BCUT2D eigenvalue weighted by Crippen LogP contribution is -2.31. The van der Waals surface area contributed by atoms with Crippen LogP contribution in [0.2, 0.25) is 0 Å². The second kappa shape index (κ2) is 7.19. The Morgan fingerprint density at radius 3 is 2.90 bits per heavy atom. The van der Waals surface area contributed by atoms with Crippen molar-refractivity contribution in [3.63, 3.8) is 0 Å². The zero-order valence-corrected chi connectivity index (χ0v) is 14.5. The standard InChI is InChI=1S/C14H24N2O3S2/c1-4-6-15-8-13-14(11(2)10-20-13)21(17,18)16-7-5-12(9-16)19-3/h10,12,15H,4-9H2,1-3H3. The molecule has 1 aromatic heterocycles. The normalized spacial score (nSPS) is 20.2. The number of nitrogens with one attached hydrogen (secondary N) is 1. The maximum Gasteiger partial charge on any atom is 0.244 e. The topological polar surface area (TPSA) is 58.6 Å². The number of nitrogens with zero attached hydrogens (tertiary/aromatic N) is 1. The quantitative estimate of drug-likeness (QED) is 0.776. The zero-order valence-electron chi connectivity index (χ0n) is 12.9. The summed E-state index contributed by atoms with van der Waals surface area (Å²) in [6.07, 6.45) is 1.82. The van der Waals surface area contributed by atoms with E-state index in [0.29, 0.717) is 24.5 Å². The van der Waals surface area contributed by atoms with E-state index in [9.17, 15) is 8.42 Å². The molecule has 1 unspecified atom stereocenters. The van der Waals surface area contributed by atoms with Gasteiger partial charge in [0.2, 0.25) is 10.0 Å². The maximum atomic E-state index is 12.9. The van der Waals surface area contributed by atoms with E-state index in [2.05, 4.69) is 12.2 Å². The first-order valence-electron chi connectivity index (χ1n) is 7.31. The molecule has 2 heterocycles. The number of sulfonamides is 1. The van der Waals surface area contributed by atoms with E-state index in [1.807, 2.05) is 12.3 Å². The van der Waals surface area contributed by atoms with Crippen LogP contribution in [-0.2, 0) is 21.3 Å². The van der Waals surface area contributed by atoms with Gasteiger partial charge in [-0.2, -0.15) is 4.31 Å². The fourth-order valence-electron chi connectivity index (χ4n) is 2.57. The molecule has 1 saturated heterocycles. The molecule has 1 aromatic rings. The first-order valence-corrected chi connectivity index (χ1v) is 9.63.